The van der Waals surface area contributed by atoms with Crippen LogP contribution in [0.4, 0.5) is 0 Å². The number of rotatable bonds is 3. The molecule has 1 aliphatic heterocycles. The highest BCUT2D eigenvalue weighted by Crippen LogP contribution is 2.36. The molecule has 0 aliphatic carbocycles. The zero-order chi connectivity index (χ0) is 12.8. The fourth-order valence-corrected chi connectivity index (χ4v) is 3.72. The van der Waals surface area contributed by atoms with E-state index in [9.17, 15) is 0 Å². The van der Waals surface area contributed by atoms with Gasteiger partial charge in [0.2, 0.25) is 4.96 Å². The van der Waals surface area contributed by atoms with Gasteiger partial charge in [0, 0.05) is 17.9 Å². The number of nitrogens with zero attached hydrogens (tertiary/aromatic N) is 4. The van der Waals surface area contributed by atoms with Gasteiger partial charge in [-0.05, 0) is 19.4 Å². The van der Waals surface area contributed by atoms with E-state index in [1.807, 2.05) is 4.52 Å². The van der Waals surface area contributed by atoms with Crippen LogP contribution in [0, 0.1) is 0 Å². The monoisotopic (exact) mass is 265 g/mol. The third-order valence-corrected chi connectivity index (χ3v) is 5.05. The molecule has 0 bridgehead atoms. The van der Waals surface area contributed by atoms with Gasteiger partial charge in [0.1, 0.15) is 5.01 Å². The van der Waals surface area contributed by atoms with E-state index in [2.05, 4.69) is 36.3 Å². The molecule has 6 heteroatoms. The van der Waals surface area contributed by atoms with Crippen LogP contribution in [0.1, 0.15) is 50.4 Å². The third-order valence-electron chi connectivity index (χ3n) is 3.91. The summed E-state index contributed by atoms with van der Waals surface area (Å²) in [6, 6.07) is 0. The standard InChI is InChI=1S/C12H19N5S/c1-4-12(5-6-13-7-12)10-16-17-9(8(2)3)14-15-11(17)18-10/h8,13H,4-7H2,1-3H3. The van der Waals surface area contributed by atoms with E-state index < -0.39 is 0 Å². The molecule has 1 atom stereocenters. The van der Waals surface area contributed by atoms with Gasteiger partial charge < -0.3 is 5.32 Å². The van der Waals surface area contributed by atoms with E-state index in [0.717, 1.165) is 30.3 Å². The maximum atomic E-state index is 4.79. The summed E-state index contributed by atoms with van der Waals surface area (Å²) in [6.45, 7) is 8.62. The lowest BCUT2D eigenvalue weighted by atomic mass is 9.85. The van der Waals surface area contributed by atoms with Crippen molar-refractivity contribution >= 4 is 16.3 Å². The average molecular weight is 265 g/mol. The Morgan fingerprint density at radius 2 is 2.28 bits per heavy atom. The molecule has 1 saturated heterocycles. The smallest absolute Gasteiger partial charge is 0.234 e. The molecule has 3 heterocycles. The molecule has 0 radical (unpaired) electrons. The van der Waals surface area contributed by atoms with Crippen molar-refractivity contribution in [2.75, 3.05) is 13.1 Å². The summed E-state index contributed by atoms with van der Waals surface area (Å²) in [6.07, 6.45) is 2.30. The zero-order valence-corrected chi connectivity index (χ0v) is 11.9. The van der Waals surface area contributed by atoms with Gasteiger partial charge in [-0.2, -0.15) is 9.61 Å². The SMILES string of the molecule is CCC1(c2nn3c(C(C)C)nnc3s2)CCNC1. The summed E-state index contributed by atoms with van der Waals surface area (Å²) in [5.41, 5.74) is 0.208. The van der Waals surface area contributed by atoms with Crippen LogP contribution < -0.4 is 5.32 Å². The summed E-state index contributed by atoms with van der Waals surface area (Å²) in [5, 5.41) is 17.9. The molecule has 1 aliphatic rings. The Morgan fingerprint density at radius 3 is 2.89 bits per heavy atom. The topological polar surface area (TPSA) is 55.1 Å². The fourth-order valence-electron chi connectivity index (χ4n) is 2.59. The van der Waals surface area contributed by atoms with E-state index in [4.69, 9.17) is 5.10 Å². The number of nitrogens with one attached hydrogen (secondary N) is 1. The van der Waals surface area contributed by atoms with Crippen LogP contribution >= 0.6 is 11.3 Å². The summed E-state index contributed by atoms with van der Waals surface area (Å²) in [5.74, 6) is 1.32. The second-order valence-electron chi connectivity index (χ2n) is 5.38. The molecule has 0 aromatic carbocycles. The normalized spacial score (nSPS) is 24.4. The Hall–Kier alpha value is -1.01. The lowest BCUT2D eigenvalue weighted by Gasteiger charge is -2.22. The van der Waals surface area contributed by atoms with Gasteiger partial charge in [0.15, 0.2) is 5.82 Å². The van der Waals surface area contributed by atoms with Gasteiger partial charge in [-0.25, -0.2) is 0 Å². The van der Waals surface area contributed by atoms with Crippen molar-refractivity contribution in [2.24, 2.45) is 0 Å². The lowest BCUT2D eigenvalue weighted by molar-refractivity contribution is 0.445. The minimum atomic E-state index is 0.208. The predicted molar refractivity (Wildman–Crippen MR) is 72.2 cm³/mol. The molecule has 18 heavy (non-hydrogen) atoms. The van der Waals surface area contributed by atoms with Crippen LogP contribution in [0.15, 0.2) is 0 Å². The third kappa shape index (κ3) is 1.66. The van der Waals surface area contributed by atoms with E-state index in [0.29, 0.717) is 5.92 Å². The highest BCUT2D eigenvalue weighted by Gasteiger charge is 2.37. The first-order valence-corrected chi connectivity index (χ1v) is 7.41. The van der Waals surface area contributed by atoms with Gasteiger partial charge in [-0.1, -0.05) is 32.1 Å². The molecule has 1 unspecified atom stereocenters. The Bertz CT molecular complexity index is 550. The van der Waals surface area contributed by atoms with Crippen LogP contribution in [0.25, 0.3) is 4.96 Å². The molecule has 0 amide bonds. The number of fused-ring (bicyclic) bond motifs is 1. The van der Waals surface area contributed by atoms with Crippen molar-refractivity contribution in [2.45, 2.75) is 44.9 Å². The summed E-state index contributed by atoms with van der Waals surface area (Å²) >= 11 is 1.69. The zero-order valence-electron chi connectivity index (χ0n) is 11.1. The number of hydrogen-bond acceptors (Lipinski definition) is 5. The van der Waals surface area contributed by atoms with Crippen LogP contribution in [0.2, 0.25) is 0 Å². The lowest BCUT2D eigenvalue weighted by Crippen LogP contribution is -2.28. The quantitative estimate of drug-likeness (QED) is 0.921. The van der Waals surface area contributed by atoms with Gasteiger partial charge in [-0.15, -0.1) is 10.2 Å². The maximum absolute atomic E-state index is 4.79. The van der Waals surface area contributed by atoms with E-state index in [1.54, 1.807) is 11.3 Å². The number of aromatic nitrogens is 4. The molecule has 0 spiro atoms. The molecule has 2 aromatic rings. The Morgan fingerprint density at radius 1 is 1.44 bits per heavy atom. The second-order valence-corrected chi connectivity index (χ2v) is 6.33. The molecule has 0 saturated carbocycles. The first kappa shape index (κ1) is 12.0. The van der Waals surface area contributed by atoms with Crippen LogP contribution in [-0.4, -0.2) is 32.9 Å². The van der Waals surface area contributed by atoms with Gasteiger partial charge >= 0.3 is 0 Å². The summed E-state index contributed by atoms with van der Waals surface area (Å²) < 4.78 is 1.93. The minimum Gasteiger partial charge on any atom is -0.316 e. The molecule has 1 fully saturated rings. The summed E-state index contributed by atoms with van der Waals surface area (Å²) in [4.78, 5) is 0.924. The first-order valence-electron chi connectivity index (χ1n) is 6.59. The number of hydrogen-bond donors (Lipinski definition) is 1. The molecule has 5 nitrogen and oxygen atoms in total. The average Bonchev–Trinajstić information content (AvgIpc) is 3.03. The maximum Gasteiger partial charge on any atom is 0.234 e. The Labute approximate surface area is 111 Å². The second kappa shape index (κ2) is 4.28. The largest absolute Gasteiger partial charge is 0.316 e. The van der Waals surface area contributed by atoms with Crippen molar-refractivity contribution in [1.82, 2.24) is 25.1 Å². The molecule has 1 N–H and O–H groups in total. The van der Waals surface area contributed by atoms with Gasteiger partial charge in [0.05, 0.1) is 0 Å². The van der Waals surface area contributed by atoms with Crippen molar-refractivity contribution in [3.8, 4) is 0 Å². The van der Waals surface area contributed by atoms with Crippen LogP contribution in [-0.2, 0) is 5.41 Å². The molecule has 2 aromatic heterocycles. The predicted octanol–water partition coefficient (Wildman–Crippen LogP) is 1.95. The van der Waals surface area contributed by atoms with Gasteiger partial charge in [0.25, 0.3) is 0 Å². The molecular formula is C12H19N5S. The summed E-state index contributed by atoms with van der Waals surface area (Å²) in [7, 11) is 0. The minimum absolute atomic E-state index is 0.208. The molecule has 3 rings (SSSR count). The van der Waals surface area contributed by atoms with Crippen LogP contribution in [0.3, 0.4) is 0 Å². The van der Waals surface area contributed by atoms with Crippen molar-refractivity contribution in [1.29, 1.82) is 0 Å². The van der Waals surface area contributed by atoms with Crippen molar-refractivity contribution in [3.05, 3.63) is 10.8 Å². The highest BCUT2D eigenvalue weighted by atomic mass is 32.1. The highest BCUT2D eigenvalue weighted by molar-refractivity contribution is 7.16. The van der Waals surface area contributed by atoms with Crippen molar-refractivity contribution in [3.63, 3.8) is 0 Å². The van der Waals surface area contributed by atoms with E-state index in [1.165, 1.54) is 11.4 Å². The fraction of sp³-hybridized carbons (Fsp3) is 0.750. The van der Waals surface area contributed by atoms with Crippen molar-refractivity contribution < 1.29 is 0 Å². The van der Waals surface area contributed by atoms with E-state index in [-0.39, 0.29) is 5.41 Å². The Kier molecular flexibility index (Phi) is 2.86. The van der Waals surface area contributed by atoms with E-state index >= 15 is 0 Å². The van der Waals surface area contributed by atoms with Crippen LogP contribution in [0.5, 0.6) is 0 Å². The first-order chi connectivity index (χ1) is 8.66. The molecule has 98 valence electrons. The molecular weight excluding hydrogens is 246 g/mol. The van der Waals surface area contributed by atoms with Gasteiger partial charge in [-0.3, -0.25) is 0 Å². The Balaban J connectivity index is 2.08.